The summed E-state index contributed by atoms with van der Waals surface area (Å²) in [5, 5.41) is 31.4. The van der Waals surface area contributed by atoms with E-state index in [0.717, 1.165) is 12.1 Å². The number of hydrogen-bond acceptors (Lipinski definition) is 4. The van der Waals surface area contributed by atoms with E-state index in [1.54, 1.807) is 0 Å². The second-order valence-corrected chi connectivity index (χ2v) is 3.80. The Hall–Kier alpha value is -2.15. The van der Waals surface area contributed by atoms with Gasteiger partial charge in [0.15, 0.2) is 0 Å². The van der Waals surface area contributed by atoms with E-state index in [0.29, 0.717) is 0 Å². The number of azide groups is 1. The number of aliphatic hydroxyl groups is 2. The second-order valence-electron chi connectivity index (χ2n) is 3.80. The van der Waals surface area contributed by atoms with Gasteiger partial charge in [0, 0.05) is 11.5 Å². The average Bonchev–Trinajstić information content (AvgIpc) is 2.38. The lowest BCUT2D eigenvalue weighted by Gasteiger charge is -2.17. The molecule has 0 fully saturated rings. The van der Waals surface area contributed by atoms with Gasteiger partial charge in [-0.15, -0.1) is 0 Å². The van der Waals surface area contributed by atoms with Crippen molar-refractivity contribution < 1.29 is 24.5 Å². The van der Waals surface area contributed by atoms with Crippen LogP contribution in [0, 0.1) is 5.82 Å². The van der Waals surface area contributed by atoms with E-state index in [1.165, 1.54) is 6.07 Å². The Morgan fingerprint density at radius 3 is 2.74 bits per heavy atom. The molecule has 0 aliphatic heterocycles. The highest BCUT2D eigenvalue weighted by atomic mass is 19.1. The Morgan fingerprint density at radius 1 is 1.47 bits per heavy atom. The topological polar surface area (TPSA) is 127 Å². The van der Waals surface area contributed by atoms with Gasteiger partial charge >= 0.3 is 5.97 Å². The number of aliphatic hydroxyl groups excluding tert-OH is 2. The smallest absolute Gasteiger partial charge is 0.338 e. The Kier molecular flexibility index (Phi) is 5.25. The highest BCUT2D eigenvalue weighted by Crippen LogP contribution is 2.21. The molecular weight excluding hydrogens is 257 g/mol. The van der Waals surface area contributed by atoms with Crippen LogP contribution in [0.1, 0.15) is 28.4 Å². The molecule has 1 rings (SSSR count). The normalized spacial score (nSPS) is 13.4. The summed E-state index contributed by atoms with van der Waals surface area (Å²) in [6, 6.07) is 3.05. The number of nitrogens with zero attached hydrogens (tertiary/aromatic N) is 3. The van der Waals surface area contributed by atoms with Crippen LogP contribution in [-0.4, -0.2) is 33.9 Å². The van der Waals surface area contributed by atoms with Crippen LogP contribution in [-0.2, 0) is 0 Å². The first-order valence-electron chi connectivity index (χ1n) is 5.37. The molecule has 1 aromatic carbocycles. The van der Waals surface area contributed by atoms with Crippen LogP contribution >= 0.6 is 0 Å². The summed E-state index contributed by atoms with van der Waals surface area (Å²) < 4.78 is 13.2. The number of aromatic carboxylic acids is 1. The molecule has 0 saturated carbocycles. The van der Waals surface area contributed by atoms with Crippen molar-refractivity contribution in [2.24, 2.45) is 5.11 Å². The third-order valence-electron chi connectivity index (χ3n) is 2.51. The number of rotatable bonds is 6. The van der Waals surface area contributed by atoms with E-state index in [4.69, 9.17) is 10.6 Å². The van der Waals surface area contributed by atoms with Crippen molar-refractivity contribution in [2.75, 3.05) is 6.54 Å². The number of carboxylic acids is 1. The first kappa shape index (κ1) is 14.9. The summed E-state index contributed by atoms with van der Waals surface area (Å²) >= 11 is 0. The maximum atomic E-state index is 13.2. The molecule has 0 aliphatic carbocycles. The van der Waals surface area contributed by atoms with Crippen molar-refractivity contribution in [1.29, 1.82) is 0 Å². The van der Waals surface area contributed by atoms with Crippen LogP contribution in [0.5, 0.6) is 0 Å². The van der Waals surface area contributed by atoms with Crippen LogP contribution in [0.2, 0.25) is 0 Å². The molecule has 0 aliphatic rings. The predicted molar refractivity (Wildman–Crippen MR) is 63.0 cm³/mol. The molecule has 7 nitrogen and oxygen atoms in total. The fraction of sp³-hybridized carbons (Fsp3) is 0.364. The summed E-state index contributed by atoms with van der Waals surface area (Å²) in [5.74, 6) is -2.39. The van der Waals surface area contributed by atoms with Crippen molar-refractivity contribution in [3.8, 4) is 0 Å². The lowest BCUT2D eigenvalue weighted by Crippen LogP contribution is -2.19. The largest absolute Gasteiger partial charge is 0.478 e. The summed E-state index contributed by atoms with van der Waals surface area (Å²) in [5.41, 5.74) is 7.56. The van der Waals surface area contributed by atoms with Gasteiger partial charge in [-0.2, -0.15) is 0 Å². The molecule has 0 aromatic heterocycles. The molecule has 102 valence electrons. The first-order chi connectivity index (χ1) is 8.97. The van der Waals surface area contributed by atoms with Gasteiger partial charge in [-0.1, -0.05) is 11.2 Å². The lowest BCUT2D eigenvalue weighted by molar-refractivity contribution is 0.0149. The molecule has 0 radical (unpaired) electrons. The minimum atomic E-state index is -1.46. The van der Waals surface area contributed by atoms with Crippen LogP contribution in [0.4, 0.5) is 4.39 Å². The maximum absolute atomic E-state index is 13.2. The molecule has 0 amide bonds. The van der Waals surface area contributed by atoms with Crippen LogP contribution in [0.15, 0.2) is 23.3 Å². The zero-order valence-electron chi connectivity index (χ0n) is 9.77. The molecule has 19 heavy (non-hydrogen) atoms. The Morgan fingerprint density at radius 2 is 2.16 bits per heavy atom. The number of hydrogen-bond donors (Lipinski definition) is 3. The van der Waals surface area contributed by atoms with E-state index in [9.17, 15) is 19.4 Å². The van der Waals surface area contributed by atoms with Gasteiger partial charge in [0.1, 0.15) is 11.9 Å². The molecule has 0 saturated heterocycles. The van der Waals surface area contributed by atoms with Crippen LogP contribution in [0.3, 0.4) is 0 Å². The maximum Gasteiger partial charge on any atom is 0.338 e. The SMILES string of the molecule is [N-]=[N+]=NCCC(O)C(O)c1ccc(F)c(C(=O)O)c1. The van der Waals surface area contributed by atoms with Crippen molar-refractivity contribution in [3.63, 3.8) is 0 Å². The summed E-state index contributed by atoms with van der Waals surface area (Å²) in [4.78, 5) is 13.2. The summed E-state index contributed by atoms with van der Waals surface area (Å²) in [7, 11) is 0. The highest BCUT2D eigenvalue weighted by Gasteiger charge is 2.20. The van der Waals surface area contributed by atoms with E-state index in [1.807, 2.05) is 0 Å². The van der Waals surface area contributed by atoms with Crippen LogP contribution in [0.25, 0.3) is 10.4 Å². The zero-order chi connectivity index (χ0) is 14.4. The highest BCUT2D eigenvalue weighted by molar-refractivity contribution is 5.88. The van der Waals surface area contributed by atoms with Gasteiger partial charge in [-0.3, -0.25) is 0 Å². The summed E-state index contributed by atoms with van der Waals surface area (Å²) in [6.07, 6.45) is -2.62. The van der Waals surface area contributed by atoms with Crippen molar-refractivity contribution in [2.45, 2.75) is 18.6 Å². The van der Waals surface area contributed by atoms with Gasteiger partial charge in [0.2, 0.25) is 0 Å². The molecule has 3 N–H and O–H groups in total. The third kappa shape index (κ3) is 3.92. The Bertz CT molecular complexity index is 517. The van der Waals surface area contributed by atoms with Gasteiger partial charge in [-0.25, -0.2) is 9.18 Å². The second kappa shape index (κ2) is 6.69. The van der Waals surface area contributed by atoms with Gasteiger partial charge in [0.25, 0.3) is 0 Å². The minimum Gasteiger partial charge on any atom is -0.478 e. The Labute approximate surface area is 107 Å². The molecule has 0 bridgehead atoms. The molecule has 2 atom stereocenters. The van der Waals surface area contributed by atoms with Gasteiger partial charge in [0.05, 0.1) is 11.7 Å². The monoisotopic (exact) mass is 269 g/mol. The molecule has 0 heterocycles. The fourth-order valence-electron chi connectivity index (χ4n) is 1.51. The zero-order valence-corrected chi connectivity index (χ0v) is 9.77. The molecule has 0 spiro atoms. The third-order valence-corrected chi connectivity index (χ3v) is 2.51. The van der Waals surface area contributed by atoms with Crippen LogP contribution < -0.4 is 0 Å². The molecule has 8 heteroatoms. The van der Waals surface area contributed by atoms with E-state index in [-0.39, 0.29) is 18.5 Å². The minimum absolute atomic E-state index is 0.00497. The first-order valence-corrected chi connectivity index (χ1v) is 5.37. The van der Waals surface area contributed by atoms with Crippen molar-refractivity contribution in [1.82, 2.24) is 0 Å². The Balaban J connectivity index is 2.87. The van der Waals surface area contributed by atoms with E-state index in [2.05, 4.69) is 10.0 Å². The number of carboxylic acid groups (broad SMARTS) is 1. The quantitative estimate of drug-likeness (QED) is 0.412. The summed E-state index contributed by atoms with van der Waals surface area (Å²) in [6.45, 7) is -0.0122. The van der Waals surface area contributed by atoms with Crippen molar-refractivity contribution >= 4 is 5.97 Å². The lowest BCUT2D eigenvalue weighted by atomic mass is 10.00. The van der Waals surface area contributed by atoms with E-state index < -0.39 is 29.6 Å². The van der Waals surface area contributed by atoms with E-state index >= 15 is 0 Å². The average molecular weight is 269 g/mol. The van der Waals surface area contributed by atoms with Gasteiger partial charge < -0.3 is 15.3 Å². The molecule has 2 unspecified atom stereocenters. The number of halogens is 1. The van der Waals surface area contributed by atoms with Gasteiger partial charge in [-0.05, 0) is 29.6 Å². The van der Waals surface area contributed by atoms with Crippen molar-refractivity contribution in [3.05, 3.63) is 45.6 Å². The molecular formula is C11H12FN3O4. The standard InChI is InChI=1S/C11H12FN3O4/c12-8-2-1-6(5-7(8)11(18)19)10(17)9(16)3-4-14-15-13/h1-2,5,9-10,16-17H,3-4H2,(H,18,19). The number of carbonyl (C=O) groups is 1. The fourth-order valence-corrected chi connectivity index (χ4v) is 1.51. The molecule has 1 aromatic rings. The predicted octanol–water partition coefficient (Wildman–Crippen LogP) is 1.62. The number of benzene rings is 1.